The molecule has 0 aliphatic rings. The number of fused-ring (bicyclic) bond motifs is 1. The zero-order valence-corrected chi connectivity index (χ0v) is 20.1. The third-order valence-corrected chi connectivity index (χ3v) is 6.96. The number of hydrogen-bond donors (Lipinski definition) is 2. The molecule has 6 nitrogen and oxygen atoms in total. The number of halogens is 3. The van der Waals surface area contributed by atoms with Gasteiger partial charge in [0.2, 0.25) is 0 Å². The second kappa shape index (κ2) is 9.77. The van der Waals surface area contributed by atoms with Crippen LogP contribution in [-0.2, 0) is 27.3 Å². The number of esters is 1. The molecule has 1 heterocycles. The van der Waals surface area contributed by atoms with Crippen LogP contribution in [0, 0.1) is 0 Å². The zero-order valence-electron chi connectivity index (χ0n) is 15.3. The molecule has 0 aliphatic carbocycles. The summed E-state index contributed by atoms with van der Waals surface area (Å²) in [7, 11) is 1.28. The van der Waals surface area contributed by atoms with Gasteiger partial charge in [-0.3, -0.25) is 0 Å². The molecule has 2 aromatic carbocycles. The van der Waals surface area contributed by atoms with Crippen molar-refractivity contribution in [3.8, 4) is 0 Å². The van der Waals surface area contributed by atoms with Gasteiger partial charge in [0.05, 0.1) is 16.2 Å². The lowest BCUT2D eigenvalue weighted by atomic mass is 10.0. The SMILES string of the molecule is COC(=O)[C@@H](Cc1cc2c(Br)c(Br)[nH]c2cc1Br)NC(=O)OCc1ccccc1. The Balaban J connectivity index is 1.74. The van der Waals surface area contributed by atoms with E-state index in [2.05, 4.69) is 58.1 Å². The first-order chi connectivity index (χ1) is 13.9. The summed E-state index contributed by atoms with van der Waals surface area (Å²) in [4.78, 5) is 27.7. The Morgan fingerprint density at radius 2 is 1.86 bits per heavy atom. The van der Waals surface area contributed by atoms with Gasteiger partial charge in [0.25, 0.3) is 0 Å². The van der Waals surface area contributed by atoms with E-state index in [-0.39, 0.29) is 13.0 Å². The molecule has 2 N–H and O–H groups in total. The number of ether oxygens (including phenoxy) is 2. The van der Waals surface area contributed by atoms with Gasteiger partial charge in [-0.25, -0.2) is 9.59 Å². The first kappa shape index (κ1) is 21.9. The van der Waals surface area contributed by atoms with E-state index >= 15 is 0 Å². The fourth-order valence-corrected chi connectivity index (χ4v) is 4.17. The molecule has 0 spiro atoms. The zero-order chi connectivity index (χ0) is 21.0. The number of alkyl carbamates (subject to hydrolysis) is 1. The van der Waals surface area contributed by atoms with Gasteiger partial charge in [-0.1, -0.05) is 46.3 Å². The number of benzene rings is 2. The van der Waals surface area contributed by atoms with Crippen molar-refractivity contribution in [2.75, 3.05) is 7.11 Å². The van der Waals surface area contributed by atoms with Gasteiger partial charge in [0, 0.05) is 21.8 Å². The van der Waals surface area contributed by atoms with E-state index in [0.29, 0.717) is 0 Å². The van der Waals surface area contributed by atoms with E-state index in [1.165, 1.54) is 7.11 Å². The van der Waals surface area contributed by atoms with Crippen LogP contribution in [0.25, 0.3) is 10.9 Å². The minimum absolute atomic E-state index is 0.112. The Hall–Kier alpha value is -1.84. The third-order valence-electron chi connectivity index (χ3n) is 4.27. The van der Waals surface area contributed by atoms with E-state index in [0.717, 1.165) is 35.6 Å². The van der Waals surface area contributed by atoms with Crippen LogP contribution in [0.15, 0.2) is 56.0 Å². The summed E-state index contributed by atoms with van der Waals surface area (Å²) in [5.41, 5.74) is 2.61. The molecule has 1 amide bonds. The van der Waals surface area contributed by atoms with Crippen molar-refractivity contribution in [1.82, 2.24) is 10.3 Å². The predicted octanol–water partition coefficient (Wildman–Crippen LogP) is 5.47. The number of carbonyl (C=O) groups excluding carboxylic acids is 2. The van der Waals surface area contributed by atoms with Gasteiger partial charge in [0.15, 0.2) is 0 Å². The number of aromatic nitrogens is 1. The maximum Gasteiger partial charge on any atom is 0.408 e. The summed E-state index contributed by atoms with van der Waals surface area (Å²) in [6, 6.07) is 12.3. The molecule has 0 bridgehead atoms. The van der Waals surface area contributed by atoms with Gasteiger partial charge < -0.3 is 19.8 Å². The van der Waals surface area contributed by atoms with Crippen molar-refractivity contribution in [2.45, 2.75) is 19.1 Å². The van der Waals surface area contributed by atoms with E-state index in [1.807, 2.05) is 42.5 Å². The monoisotopic (exact) mass is 586 g/mol. The molecular formula is C20H17Br3N2O4. The number of carbonyl (C=O) groups is 2. The average molecular weight is 589 g/mol. The van der Waals surface area contributed by atoms with Crippen LogP contribution in [0.2, 0.25) is 0 Å². The molecule has 0 saturated carbocycles. The Morgan fingerprint density at radius 1 is 1.14 bits per heavy atom. The molecule has 0 radical (unpaired) electrons. The summed E-state index contributed by atoms with van der Waals surface area (Å²) in [6.45, 7) is 0.112. The summed E-state index contributed by atoms with van der Waals surface area (Å²) in [5, 5.41) is 3.55. The smallest absolute Gasteiger partial charge is 0.408 e. The van der Waals surface area contributed by atoms with Crippen LogP contribution >= 0.6 is 47.8 Å². The maximum absolute atomic E-state index is 12.2. The quantitative estimate of drug-likeness (QED) is 0.375. The van der Waals surface area contributed by atoms with E-state index < -0.39 is 18.1 Å². The Morgan fingerprint density at radius 3 is 2.55 bits per heavy atom. The number of amides is 1. The molecule has 1 aromatic heterocycles. The number of nitrogens with one attached hydrogen (secondary N) is 2. The van der Waals surface area contributed by atoms with Crippen LogP contribution < -0.4 is 5.32 Å². The Kier molecular flexibility index (Phi) is 7.37. The lowest BCUT2D eigenvalue weighted by Gasteiger charge is -2.17. The van der Waals surface area contributed by atoms with Crippen LogP contribution in [-0.4, -0.2) is 30.2 Å². The third kappa shape index (κ3) is 5.40. The predicted molar refractivity (Wildman–Crippen MR) is 121 cm³/mol. The molecule has 0 unspecified atom stereocenters. The van der Waals surface area contributed by atoms with Gasteiger partial charge in [0.1, 0.15) is 12.6 Å². The molecular weight excluding hydrogens is 572 g/mol. The largest absolute Gasteiger partial charge is 0.467 e. The van der Waals surface area contributed by atoms with Gasteiger partial charge in [-0.05, 0) is 55.1 Å². The van der Waals surface area contributed by atoms with Crippen LogP contribution in [0.5, 0.6) is 0 Å². The number of hydrogen-bond acceptors (Lipinski definition) is 4. The second-order valence-corrected chi connectivity index (χ2v) is 8.67. The normalized spacial score (nSPS) is 11.9. The van der Waals surface area contributed by atoms with Crippen molar-refractivity contribution in [1.29, 1.82) is 0 Å². The molecule has 0 saturated heterocycles. The van der Waals surface area contributed by atoms with Crippen molar-refractivity contribution in [3.05, 3.63) is 67.1 Å². The summed E-state index contributed by atoms with van der Waals surface area (Å²) in [6.07, 6.45) is -0.453. The molecule has 0 fully saturated rings. The van der Waals surface area contributed by atoms with Crippen LogP contribution in [0.4, 0.5) is 4.79 Å². The molecule has 1 atom stereocenters. The molecule has 29 heavy (non-hydrogen) atoms. The van der Waals surface area contributed by atoms with Crippen LogP contribution in [0.1, 0.15) is 11.1 Å². The lowest BCUT2D eigenvalue weighted by molar-refractivity contribution is -0.143. The second-order valence-electron chi connectivity index (χ2n) is 6.23. The van der Waals surface area contributed by atoms with E-state index in [9.17, 15) is 9.59 Å². The van der Waals surface area contributed by atoms with Crippen molar-refractivity contribution >= 4 is 70.8 Å². The van der Waals surface area contributed by atoms with Gasteiger partial charge in [-0.15, -0.1) is 0 Å². The number of aromatic amines is 1. The Bertz CT molecular complexity index is 1040. The number of methoxy groups -OCH3 is 1. The molecule has 152 valence electrons. The van der Waals surface area contributed by atoms with Crippen LogP contribution in [0.3, 0.4) is 0 Å². The lowest BCUT2D eigenvalue weighted by Crippen LogP contribution is -2.43. The van der Waals surface area contributed by atoms with Gasteiger partial charge in [-0.2, -0.15) is 0 Å². The first-order valence-electron chi connectivity index (χ1n) is 8.59. The topological polar surface area (TPSA) is 80.4 Å². The van der Waals surface area contributed by atoms with E-state index in [1.54, 1.807) is 0 Å². The standard InChI is InChI=1S/C20H17Br3N2O4/c1-28-19(26)16(25-20(27)29-10-11-5-3-2-4-6-11)8-12-7-13-15(9-14(12)21)24-18(23)17(13)22/h2-7,9,16,24H,8,10H2,1H3,(H,25,27)/t16-/m1/s1. The molecule has 3 rings (SSSR count). The molecule has 9 heteroatoms. The molecule has 3 aromatic rings. The fourth-order valence-electron chi connectivity index (χ4n) is 2.81. The highest BCUT2D eigenvalue weighted by atomic mass is 79.9. The van der Waals surface area contributed by atoms with E-state index in [4.69, 9.17) is 9.47 Å². The summed E-state index contributed by atoms with van der Waals surface area (Å²) < 4.78 is 12.6. The number of rotatable bonds is 6. The first-order valence-corrected chi connectivity index (χ1v) is 11.0. The summed E-state index contributed by atoms with van der Waals surface area (Å²) in [5.74, 6) is -0.553. The summed E-state index contributed by atoms with van der Waals surface area (Å²) >= 11 is 10.5. The van der Waals surface area contributed by atoms with Gasteiger partial charge >= 0.3 is 12.1 Å². The van der Waals surface area contributed by atoms with Crippen molar-refractivity contribution in [3.63, 3.8) is 0 Å². The highest BCUT2D eigenvalue weighted by Crippen LogP contribution is 2.35. The van der Waals surface area contributed by atoms with Crippen molar-refractivity contribution < 1.29 is 19.1 Å². The Labute approximate surface area is 192 Å². The van der Waals surface area contributed by atoms with Crippen molar-refractivity contribution in [2.24, 2.45) is 0 Å². The highest BCUT2D eigenvalue weighted by molar-refractivity contribution is 9.13. The highest BCUT2D eigenvalue weighted by Gasteiger charge is 2.24. The average Bonchev–Trinajstić information content (AvgIpc) is 2.99. The fraction of sp³-hybridized carbons (Fsp3) is 0.200. The number of H-pyrrole nitrogens is 1. The minimum atomic E-state index is -0.891. The maximum atomic E-state index is 12.2. The molecule has 0 aliphatic heterocycles. The minimum Gasteiger partial charge on any atom is -0.467 e.